The van der Waals surface area contributed by atoms with E-state index in [0.717, 1.165) is 30.2 Å². The number of aryl methyl sites for hydroxylation is 1. The highest BCUT2D eigenvalue weighted by Gasteiger charge is 2.33. The summed E-state index contributed by atoms with van der Waals surface area (Å²) in [4.78, 5) is 35.2. The first-order valence-electron chi connectivity index (χ1n) is 15.3. The number of fused-ring (bicyclic) bond motifs is 1. The van der Waals surface area contributed by atoms with Crippen molar-refractivity contribution in [3.05, 3.63) is 94.8 Å². The number of amides is 1. The molecule has 1 amide bonds. The number of aliphatic carboxylic acids is 1. The summed E-state index contributed by atoms with van der Waals surface area (Å²) in [5, 5.41) is 22.0. The molecule has 1 saturated carbocycles. The van der Waals surface area contributed by atoms with Gasteiger partial charge in [0.1, 0.15) is 22.9 Å². The summed E-state index contributed by atoms with van der Waals surface area (Å²) in [7, 11) is -2.25. The summed E-state index contributed by atoms with van der Waals surface area (Å²) < 4.78 is 53.1. The largest absolute Gasteiger partial charge is 0.507 e. The van der Waals surface area contributed by atoms with Crippen LogP contribution in [0.5, 0.6) is 0 Å². The molecule has 1 heterocycles. The smallest absolute Gasteiger partial charge is 0.376 e. The molecule has 4 aromatic rings. The highest BCUT2D eigenvalue weighted by atomic mass is 32.2. The molecule has 0 unspecified atom stereocenters. The summed E-state index contributed by atoms with van der Waals surface area (Å²) in [6, 6.07) is 15.8. The van der Waals surface area contributed by atoms with Crippen molar-refractivity contribution in [2.24, 2.45) is 0 Å². The molecule has 48 heavy (non-hydrogen) atoms. The van der Waals surface area contributed by atoms with Gasteiger partial charge in [0.2, 0.25) is 10.0 Å². The van der Waals surface area contributed by atoms with Crippen LogP contribution in [-0.4, -0.2) is 69.4 Å². The third-order valence-corrected chi connectivity index (χ3v) is 9.16. The summed E-state index contributed by atoms with van der Waals surface area (Å²) >= 11 is 0. The normalized spacial score (nSPS) is 13.4. The van der Waals surface area contributed by atoms with Crippen LogP contribution in [-0.2, 0) is 30.8 Å². The number of halogens is 1. The van der Waals surface area contributed by atoms with Gasteiger partial charge in [-0.05, 0) is 79.1 Å². The first-order chi connectivity index (χ1) is 22.9. The molecule has 0 radical (unpaired) electrons. The molecule has 0 bridgehead atoms. The van der Waals surface area contributed by atoms with Crippen LogP contribution in [0.1, 0.15) is 52.2 Å². The van der Waals surface area contributed by atoms with E-state index in [2.05, 4.69) is 5.32 Å². The Bertz CT molecular complexity index is 2000. The number of ketones is 1. The van der Waals surface area contributed by atoms with E-state index in [0.29, 0.717) is 53.3 Å². The van der Waals surface area contributed by atoms with E-state index in [1.54, 1.807) is 24.3 Å². The number of furan rings is 1. The monoisotopic (exact) mass is 678 g/mol. The van der Waals surface area contributed by atoms with E-state index >= 15 is 0 Å². The second kappa shape index (κ2) is 14.4. The Morgan fingerprint density at radius 1 is 1.06 bits per heavy atom. The zero-order valence-electron chi connectivity index (χ0n) is 26.4. The standard InChI is InChI=1S/C35H35FN2O9S/c1-37-34(41)32-27-18-26(22-8-9-22)28(19-31(27)47-33(32)23-10-12-25(36)13-11-23)38(48(2,44)45)14-16-46-15-4-6-21-5-3-7-24(17-21)29(39)20-30(40)35(42)43/h3,5,7,10-13,17-20,22,39H,4,6,8-9,14-16H2,1-2H3,(H,37,41)(H,42,43). The summed E-state index contributed by atoms with van der Waals surface area (Å²) in [5.74, 6) is -3.80. The predicted octanol–water partition coefficient (Wildman–Crippen LogP) is 5.44. The number of hydrogen-bond donors (Lipinski definition) is 3. The fourth-order valence-electron chi connectivity index (χ4n) is 5.49. The van der Waals surface area contributed by atoms with Crippen molar-refractivity contribution in [3.8, 4) is 11.3 Å². The third kappa shape index (κ3) is 7.92. The fourth-order valence-corrected chi connectivity index (χ4v) is 6.41. The number of aliphatic hydroxyl groups excluding tert-OH is 1. The Kier molecular flexibility index (Phi) is 10.3. The molecule has 5 rings (SSSR count). The number of ether oxygens (including phenoxy) is 1. The first kappa shape index (κ1) is 34.3. The molecule has 0 aliphatic heterocycles. The second-order valence-corrected chi connectivity index (χ2v) is 13.4. The molecule has 11 nitrogen and oxygen atoms in total. The fraction of sp³-hybridized carbons (Fsp3) is 0.286. The minimum atomic E-state index is -3.76. The number of nitrogens with zero attached hydrogens (tertiary/aromatic N) is 1. The van der Waals surface area contributed by atoms with Crippen molar-refractivity contribution in [1.29, 1.82) is 0 Å². The van der Waals surface area contributed by atoms with Crippen LogP contribution in [0.15, 0.2) is 71.2 Å². The average Bonchev–Trinajstić information content (AvgIpc) is 3.83. The lowest BCUT2D eigenvalue weighted by Gasteiger charge is -2.25. The number of aliphatic hydroxyl groups is 1. The number of nitrogens with one attached hydrogen (secondary N) is 1. The lowest BCUT2D eigenvalue weighted by Crippen LogP contribution is -2.34. The van der Waals surface area contributed by atoms with Crippen LogP contribution in [0.25, 0.3) is 28.1 Å². The first-order valence-corrected chi connectivity index (χ1v) is 17.1. The van der Waals surface area contributed by atoms with Crippen LogP contribution >= 0.6 is 0 Å². The number of carbonyl (C=O) groups is 3. The van der Waals surface area contributed by atoms with Gasteiger partial charge in [-0.1, -0.05) is 18.2 Å². The van der Waals surface area contributed by atoms with Gasteiger partial charge in [-0.3, -0.25) is 13.9 Å². The summed E-state index contributed by atoms with van der Waals surface area (Å²) in [6.45, 7) is 0.437. The number of carboxylic acids is 1. The summed E-state index contributed by atoms with van der Waals surface area (Å²) in [6.07, 6.45) is 4.64. The Labute approximate surface area is 276 Å². The number of anilines is 1. The molecule has 0 spiro atoms. The number of sulfonamides is 1. The number of carbonyl (C=O) groups excluding carboxylic acids is 2. The average molecular weight is 679 g/mol. The summed E-state index contributed by atoms with van der Waals surface area (Å²) in [5.41, 5.74) is 3.47. The molecule has 3 N–H and O–H groups in total. The van der Waals surface area contributed by atoms with Crippen molar-refractivity contribution in [2.75, 3.05) is 37.4 Å². The van der Waals surface area contributed by atoms with Gasteiger partial charge in [-0.15, -0.1) is 0 Å². The van der Waals surface area contributed by atoms with Gasteiger partial charge in [0.15, 0.2) is 0 Å². The van der Waals surface area contributed by atoms with E-state index in [1.165, 1.54) is 35.6 Å². The number of rotatable bonds is 15. The lowest BCUT2D eigenvalue weighted by atomic mass is 10.0. The maximum atomic E-state index is 13.7. The molecule has 0 atom stereocenters. The molecule has 1 aliphatic carbocycles. The lowest BCUT2D eigenvalue weighted by molar-refractivity contribution is -0.146. The van der Waals surface area contributed by atoms with Crippen molar-refractivity contribution in [2.45, 2.75) is 31.6 Å². The van der Waals surface area contributed by atoms with Gasteiger partial charge in [0.25, 0.3) is 11.7 Å². The van der Waals surface area contributed by atoms with Crippen molar-refractivity contribution in [1.82, 2.24) is 5.32 Å². The van der Waals surface area contributed by atoms with Crippen molar-refractivity contribution < 1.29 is 46.6 Å². The van der Waals surface area contributed by atoms with Gasteiger partial charge in [-0.2, -0.15) is 0 Å². The minimum Gasteiger partial charge on any atom is -0.507 e. The van der Waals surface area contributed by atoms with E-state index in [-0.39, 0.29) is 36.3 Å². The van der Waals surface area contributed by atoms with Crippen molar-refractivity contribution >= 4 is 50.1 Å². The Morgan fingerprint density at radius 3 is 2.44 bits per heavy atom. The molecule has 3 aromatic carbocycles. The highest BCUT2D eigenvalue weighted by Crippen LogP contribution is 2.48. The topological polar surface area (TPSA) is 163 Å². The molecule has 13 heteroatoms. The Morgan fingerprint density at radius 2 is 1.79 bits per heavy atom. The van der Waals surface area contributed by atoms with E-state index in [4.69, 9.17) is 14.3 Å². The molecule has 252 valence electrons. The zero-order chi connectivity index (χ0) is 34.6. The highest BCUT2D eigenvalue weighted by molar-refractivity contribution is 7.92. The number of benzene rings is 3. The molecule has 0 saturated heterocycles. The van der Waals surface area contributed by atoms with Gasteiger partial charge in [0, 0.05) is 42.3 Å². The predicted molar refractivity (Wildman–Crippen MR) is 178 cm³/mol. The van der Waals surface area contributed by atoms with Crippen LogP contribution < -0.4 is 9.62 Å². The maximum absolute atomic E-state index is 13.7. The maximum Gasteiger partial charge on any atom is 0.376 e. The Hall–Kier alpha value is -5.01. The Balaban J connectivity index is 1.32. The molecular formula is C35H35FN2O9S. The number of carboxylic acid groups (broad SMARTS) is 1. The van der Waals surface area contributed by atoms with Gasteiger partial charge in [-0.25, -0.2) is 17.6 Å². The van der Waals surface area contributed by atoms with Crippen LogP contribution in [0.3, 0.4) is 0 Å². The molecule has 1 fully saturated rings. The van der Waals surface area contributed by atoms with E-state index in [9.17, 15) is 32.3 Å². The van der Waals surface area contributed by atoms with Gasteiger partial charge in [0.05, 0.1) is 30.7 Å². The molecule has 1 aliphatic rings. The zero-order valence-corrected chi connectivity index (χ0v) is 27.2. The van der Waals surface area contributed by atoms with Crippen LogP contribution in [0.4, 0.5) is 10.1 Å². The van der Waals surface area contributed by atoms with Gasteiger partial charge < -0.3 is 24.7 Å². The molecular weight excluding hydrogens is 643 g/mol. The van der Waals surface area contributed by atoms with Crippen LogP contribution in [0.2, 0.25) is 0 Å². The van der Waals surface area contributed by atoms with Gasteiger partial charge >= 0.3 is 5.97 Å². The minimum absolute atomic E-state index is 0.0314. The van der Waals surface area contributed by atoms with E-state index in [1.807, 2.05) is 12.1 Å². The quantitative estimate of drug-likeness (QED) is 0.0643. The SMILES string of the molecule is CNC(=O)c1c(-c2ccc(F)cc2)oc2cc(N(CCOCCCc3cccc(C(O)=CC(=O)C(=O)O)c3)S(C)(=O)=O)c(C3CC3)cc12. The third-order valence-electron chi connectivity index (χ3n) is 7.98. The number of hydrogen-bond acceptors (Lipinski definition) is 8. The van der Waals surface area contributed by atoms with Crippen LogP contribution in [0, 0.1) is 5.82 Å². The van der Waals surface area contributed by atoms with Crippen molar-refractivity contribution in [3.63, 3.8) is 0 Å². The molecule has 1 aromatic heterocycles. The second-order valence-electron chi connectivity index (χ2n) is 11.5. The van der Waals surface area contributed by atoms with E-state index < -0.39 is 33.4 Å².